The summed E-state index contributed by atoms with van der Waals surface area (Å²) in [5, 5.41) is 18.3. The number of allylic oxidation sites excluding steroid dienone is 2. The van der Waals surface area contributed by atoms with Crippen LogP contribution in [0, 0.1) is 5.92 Å². The van der Waals surface area contributed by atoms with E-state index in [0.29, 0.717) is 6.42 Å². The molecule has 2 rings (SSSR count). The molecule has 0 bridgehead atoms. The molecule has 0 spiro atoms. The molecule has 2 aliphatic rings. The van der Waals surface area contributed by atoms with Gasteiger partial charge in [0.05, 0.1) is 24.7 Å². The second-order valence-electron chi connectivity index (χ2n) is 6.74. The van der Waals surface area contributed by atoms with E-state index in [2.05, 4.69) is 12.7 Å². The SMILES string of the molecule is C=C1C(=O)O[C@@H]2/C=C(\C)CC/C=C(/C)C[C@@H](OC(=O)/C(=C\CO)CO)[C@@H]12. The zero-order valence-electron chi connectivity index (χ0n) is 15.2. The highest BCUT2D eigenvalue weighted by Crippen LogP contribution is 2.36. The third-order valence-electron chi connectivity index (χ3n) is 4.69. The van der Waals surface area contributed by atoms with Gasteiger partial charge in [-0.1, -0.05) is 23.8 Å². The average molecular weight is 362 g/mol. The summed E-state index contributed by atoms with van der Waals surface area (Å²) in [6, 6.07) is 0. The van der Waals surface area contributed by atoms with Crippen molar-refractivity contribution in [1.29, 1.82) is 0 Å². The molecule has 0 aromatic rings. The maximum Gasteiger partial charge on any atom is 0.336 e. The lowest BCUT2D eigenvalue weighted by Gasteiger charge is -2.27. The number of aliphatic hydroxyl groups is 2. The van der Waals surface area contributed by atoms with E-state index in [9.17, 15) is 14.7 Å². The van der Waals surface area contributed by atoms with Crippen LogP contribution in [0.1, 0.15) is 33.1 Å². The van der Waals surface area contributed by atoms with Gasteiger partial charge in [0.2, 0.25) is 0 Å². The first-order valence-corrected chi connectivity index (χ1v) is 8.71. The van der Waals surface area contributed by atoms with Crippen LogP contribution in [0.25, 0.3) is 0 Å². The van der Waals surface area contributed by atoms with Crippen molar-refractivity contribution in [1.82, 2.24) is 0 Å². The van der Waals surface area contributed by atoms with Crippen LogP contribution in [0.5, 0.6) is 0 Å². The van der Waals surface area contributed by atoms with E-state index in [-0.39, 0.29) is 17.8 Å². The third kappa shape index (κ3) is 4.71. The molecule has 26 heavy (non-hydrogen) atoms. The Morgan fingerprint density at radius 1 is 1.38 bits per heavy atom. The Bertz CT molecular complexity index is 670. The fourth-order valence-corrected chi connectivity index (χ4v) is 3.27. The molecule has 0 radical (unpaired) electrons. The van der Waals surface area contributed by atoms with Gasteiger partial charge in [-0.05, 0) is 38.8 Å². The summed E-state index contributed by atoms with van der Waals surface area (Å²) in [6.07, 6.45) is 6.17. The summed E-state index contributed by atoms with van der Waals surface area (Å²) >= 11 is 0. The Morgan fingerprint density at radius 3 is 2.77 bits per heavy atom. The maximum absolute atomic E-state index is 12.4. The van der Waals surface area contributed by atoms with Crippen molar-refractivity contribution in [2.75, 3.05) is 13.2 Å². The molecule has 0 unspecified atom stereocenters. The molecule has 6 heteroatoms. The zero-order chi connectivity index (χ0) is 19.3. The molecule has 0 amide bonds. The van der Waals surface area contributed by atoms with Crippen molar-refractivity contribution in [3.05, 3.63) is 47.1 Å². The predicted octanol–water partition coefficient (Wildman–Crippen LogP) is 1.98. The van der Waals surface area contributed by atoms with Crippen molar-refractivity contribution in [3.63, 3.8) is 0 Å². The van der Waals surface area contributed by atoms with E-state index in [0.717, 1.165) is 24.0 Å². The number of ether oxygens (including phenoxy) is 2. The minimum atomic E-state index is -0.719. The Morgan fingerprint density at radius 2 is 2.12 bits per heavy atom. The minimum Gasteiger partial charge on any atom is -0.458 e. The topological polar surface area (TPSA) is 93.1 Å². The van der Waals surface area contributed by atoms with Crippen LogP contribution in [-0.2, 0) is 19.1 Å². The molecule has 142 valence electrons. The van der Waals surface area contributed by atoms with Crippen molar-refractivity contribution >= 4 is 11.9 Å². The maximum atomic E-state index is 12.4. The monoisotopic (exact) mass is 362 g/mol. The van der Waals surface area contributed by atoms with Gasteiger partial charge in [0.1, 0.15) is 12.2 Å². The molecule has 3 atom stereocenters. The van der Waals surface area contributed by atoms with Gasteiger partial charge >= 0.3 is 11.9 Å². The van der Waals surface area contributed by atoms with E-state index in [1.807, 2.05) is 19.9 Å². The summed E-state index contributed by atoms with van der Waals surface area (Å²) < 4.78 is 11.1. The summed E-state index contributed by atoms with van der Waals surface area (Å²) in [5.41, 5.74) is 2.39. The zero-order valence-corrected chi connectivity index (χ0v) is 15.2. The molecule has 1 saturated heterocycles. The number of hydrogen-bond acceptors (Lipinski definition) is 6. The minimum absolute atomic E-state index is 0.0228. The van der Waals surface area contributed by atoms with Crippen molar-refractivity contribution in [2.24, 2.45) is 5.92 Å². The number of aliphatic hydroxyl groups excluding tert-OH is 2. The van der Waals surface area contributed by atoms with Crippen molar-refractivity contribution in [2.45, 2.75) is 45.3 Å². The van der Waals surface area contributed by atoms with Crippen LogP contribution >= 0.6 is 0 Å². The third-order valence-corrected chi connectivity index (χ3v) is 4.69. The van der Waals surface area contributed by atoms with Gasteiger partial charge in [-0.2, -0.15) is 0 Å². The summed E-state index contributed by atoms with van der Waals surface area (Å²) in [6.45, 7) is 6.85. The number of carbonyl (C=O) groups excluding carboxylic acids is 2. The number of rotatable bonds is 4. The lowest BCUT2D eigenvalue weighted by molar-refractivity contribution is -0.147. The molecular formula is C20H26O6. The first-order chi connectivity index (χ1) is 12.4. The van der Waals surface area contributed by atoms with E-state index in [1.165, 1.54) is 6.08 Å². The molecule has 6 nitrogen and oxygen atoms in total. The molecule has 0 aromatic carbocycles. The molecule has 1 aliphatic heterocycles. The first kappa shape index (κ1) is 20.1. The van der Waals surface area contributed by atoms with Crippen LogP contribution in [0.4, 0.5) is 0 Å². The Kier molecular flexibility index (Phi) is 6.94. The molecule has 2 N–H and O–H groups in total. The quantitative estimate of drug-likeness (QED) is 0.451. The smallest absolute Gasteiger partial charge is 0.336 e. The molecule has 1 aliphatic carbocycles. The molecule has 0 saturated carbocycles. The highest BCUT2D eigenvalue weighted by atomic mass is 16.6. The second kappa shape index (κ2) is 8.96. The largest absolute Gasteiger partial charge is 0.458 e. The average Bonchev–Trinajstić information content (AvgIpc) is 2.85. The van der Waals surface area contributed by atoms with Crippen LogP contribution in [0.15, 0.2) is 47.1 Å². The van der Waals surface area contributed by atoms with E-state index in [1.54, 1.807) is 0 Å². The standard InChI is InChI=1S/C20H26O6/c1-12-5-4-6-13(2)10-17(26-20(24)15(11-22)7-8-21)18-14(3)19(23)25-16(18)9-12/h6-7,9,16-18,21-22H,3-5,8,10-11H2,1-2H3/b12-9+,13-6-,15-7-/t16-,17-,18+/m1/s1. The van der Waals surface area contributed by atoms with E-state index in [4.69, 9.17) is 14.6 Å². The Hall–Kier alpha value is -2.18. The lowest BCUT2D eigenvalue weighted by atomic mass is 9.85. The molecular weight excluding hydrogens is 336 g/mol. The molecule has 1 heterocycles. The fourth-order valence-electron chi connectivity index (χ4n) is 3.27. The number of esters is 2. The van der Waals surface area contributed by atoms with Gasteiger partial charge in [-0.25, -0.2) is 9.59 Å². The highest BCUT2D eigenvalue weighted by molar-refractivity contribution is 5.92. The number of carbonyl (C=O) groups is 2. The van der Waals surface area contributed by atoms with Gasteiger partial charge in [0, 0.05) is 12.0 Å². The first-order valence-electron chi connectivity index (χ1n) is 8.71. The summed E-state index contributed by atoms with van der Waals surface area (Å²) in [7, 11) is 0. The van der Waals surface area contributed by atoms with Crippen molar-refractivity contribution in [3.8, 4) is 0 Å². The van der Waals surface area contributed by atoms with Gasteiger partial charge in [-0.15, -0.1) is 0 Å². The fraction of sp³-hybridized carbons (Fsp3) is 0.500. The lowest BCUT2D eigenvalue weighted by Crippen LogP contribution is -2.34. The Labute approximate surface area is 153 Å². The molecule has 0 aromatic heterocycles. The summed E-state index contributed by atoms with van der Waals surface area (Å²) in [5.74, 6) is -1.70. The number of hydrogen-bond donors (Lipinski definition) is 2. The van der Waals surface area contributed by atoms with Gasteiger partial charge in [-0.3, -0.25) is 0 Å². The predicted molar refractivity (Wildman–Crippen MR) is 96.0 cm³/mol. The highest BCUT2D eigenvalue weighted by Gasteiger charge is 2.44. The van der Waals surface area contributed by atoms with Crippen LogP contribution in [0.2, 0.25) is 0 Å². The van der Waals surface area contributed by atoms with Gasteiger partial charge in [0.15, 0.2) is 0 Å². The van der Waals surface area contributed by atoms with Gasteiger partial charge in [0.25, 0.3) is 0 Å². The Balaban J connectivity index is 2.36. The molecule has 1 fully saturated rings. The van der Waals surface area contributed by atoms with Crippen molar-refractivity contribution < 1.29 is 29.3 Å². The van der Waals surface area contributed by atoms with Crippen LogP contribution in [0.3, 0.4) is 0 Å². The van der Waals surface area contributed by atoms with E-state index >= 15 is 0 Å². The van der Waals surface area contributed by atoms with Crippen LogP contribution in [-0.4, -0.2) is 47.6 Å². The van der Waals surface area contributed by atoms with Gasteiger partial charge < -0.3 is 19.7 Å². The summed E-state index contributed by atoms with van der Waals surface area (Å²) in [4.78, 5) is 24.4. The van der Waals surface area contributed by atoms with Crippen LogP contribution < -0.4 is 0 Å². The second-order valence-corrected chi connectivity index (χ2v) is 6.74. The number of fused-ring (bicyclic) bond motifs is 1. The van der Waals surface area contributed by atoms with E-state index < -0.39 is 36.7 Å². The normalized spacial score (nSPS) is 31.2.